The Morgan fingerprint density at radius 1 is 1.09 bits per heavy atom. The Morgan fingerprint density at radius 3 is 2.67 bits per heavy atom. The maximum atomic E-state index is 13.9. The minimum atomic E-state index is -0.651. The third-order valence-corrected chi connectivity index (χ3v) is 5.14. The van der Waals surface area contributed by atoms with Crippen molar-refractivity contribution in [1.29, 1.82) is 0 Å². The van der Waals surface area contributed by atoms with Gasteiger partial charge in [-0.1, -0.05) is 18.2 Å². The van der Waals surface area contributed by atoms with Gasteiger partial charge >= 0.3 is 0 Å². The molecule has 0 fully saturated rings. The van der Waals surface area contributed by atoms with Gasteiger partial charge in [0.15, 0.2) is 0 Å². The highest BCUT2D eigenvalue weighted by Gasteiger charge is 2.22. The molecular weight excluding hydrogens is 423 g/mol. The fourth-order valence-corrected chi connectivity index (χ4v) is 3.46. The first-order valence-electron chi connectivity index (χ1n) is 10.4. The molecule has 9 heteroatoms. The first-order valence-corrected chi connectivity index (χ1v) is 10.4. The SMILES string of the molecule is Cn1ccnc1C(NC(=O)c1cccc(NC(=O)CCn2ccnc2)c1)c1cccc(F)c1. The van der Waals surface area contributed by atoms with Crippen molar-refractivity contribution in [3.05, 3.63) is 102 Å². The highest BCUT2D eigenvalue weighted by atomic mass is 19.1. The molecule has 2 aromatic heterocycles. The number of rotatable bonds is 8. The third-order valence-electron chi connectivity index (χ3n) is 5.14. The summed E-state index contributed by atoms with van der Waals surface area (Å²) in [4.78, 5) is 33.6. The molecule has 2 amide bonds. The number of nitrogens with zero attached hydrogens (tertiary/aromatic N) is 4. The molecule has 0 saturated heterocycles. The van der Waals surface area contributed by atoms with Gasteiger partial charge in [-0.05, 0) is 35.9 Å². The van der Waals surface area contributed by atoms with E-state index in [1.54, 1.807) is 79.1 Å². The predicted molar refractivity (Wildman–Crippen MR) is 121 cm³/mol. The summed E-state index contributed by atoms with van der Waals surface area (Å²) in [6, 6.07) is 12.1. The lowest BCUT2D eigenvalue weighted by Crippen LogP contribution is -2.31. The topological polar surface area (TPSA) is 93.8 Å². The third kappa shape index (κ3) is 5.51. The minimum Gasteiger partial charge on any atom is -0.338 e. The van der Waals surface area contributed by atoms with Crippen molar-refractivity contribution in [2.24, 2.45) is 7.05 Å². The number of benzene rings is 2. The van der Waals surface area contributed by atoms with Gasteiger partial charge in [-0.15, -0.1) is 0 Å². The maximum Gasteiger partial charge on any atom is 0.252 e. The number of halogens is 1. The number of amides is 2. The standard InChI is InChI=1S/C24H23FN6O2/c1-30-12-10-27-23(30)22(17-4-2-6-19(25)14-17)29-24(33)18-5-3-7-20(15-18)28-21(32)8-11-31-13-9-26-16-31/h2-7,9-10,12-16,22H,8,11H2,1H3,(H,28,32)(H,29,33). The zero-order valence-electron chi connectivity index (χ0n) is 18.0. The van der Waals surface area contributed by atoms with Crippen molar-refractivity contribution in [2.45, 2.75) is 19.0 Å². The molecule has 2 aromatic carbocycles. The number of carbonyl (C=O) groups is 2. The summed E-state index contributed by atoms with van der Waals surface area (Å²) in [5, 5.41) is 5.74. The Morgan fingerprint density at radius 2 is 1.94 bits per heavy atom. The van der Waals surface area contributed by atoms with Gasteiger partial charge < -0.3 is 19.8 Å². The second kappa shape index (κ2) is 9.90. The second-order valence-corrected chi connectivity index (χ2v) is 7.54. The molecule has 168 valence electrons. The molecule has 0 aliphatic heterocycles. The number of aromatic nitrogens is 4. The number of anilines is 1. The van der Waals surface area contributed by atoms with Gasteiger partial charge in [-0.2, -0.15) is 0 Å². The van der Waals surface area contributed by atoms with Crippen LogP contribution in [0, 0.1) is 5.82 Å². The van der Waals surface area contributed by atoms with Crippen LogP contribution in [0.1, 0.15) is 34.2 Å². The van der Waals surface area contributed by atoms with E-state index >= 15 is 0 Å². The second-order valence-electron chi connectivity index (χ2n) is 7.54. The molecule has 8 nitrogen and oxygen atoms in total. The van der Waals surface area contributed by atoms with Crippen molar-refractivity contribution in [3.8, 4) is 0 Å². The van der Waals surface area contributed by atoms with Gasteiger partial charge in [-0.3, -0.25) is 9.59 Å². The molecule has 1 atom stereocenters. The van der Waals surface area contributed by atoms with Crippen molar-refractivity contribution in [3.63, 3.8) is 0 Å². The average Bonchev–Trinajstić information content (AvgIpc) is 3.48. The fraction of sp³-hybridized carbons (Fsp3) is 0.167. The van der Waals surface area contributed by atoms with Crippen LogP contribution in [0.25, 0.3) is 0 Å². The molecule has 4 rings (SSSR count). The maximum absolute atomic E-state index is 13.9. The Hall–Kier alpha value is -4.27. The first-order chi connectivity index (χ1) is 16.0. The lowest BCUT2D eigenvalue weighted by molar-refractivity contribution is -0.116. The van der Waals surface area contributed by atoms with Crippen LogP contribution >= 0.6 is 0 Å². The number of hydrogen-bond acceptors (Lipinski definition) is 4. The van der Waals surface area contributed by atoms with Crippen LogP contribution in [0.2, 0.25) is 0 Å². The van der Waals surface area contributed by atoms with E-state index in [4.69, 9.17) is 0 Å². The van der Waals surface area contributed by atoms with Crippen LogP contribution in [0.5, 0.6) is 0 Å². The van der Waals surface area contributed by atoms with Crippen LogP contribution in [0.4, 0.5) is 10.1 Å². The number of aryl methyl sites for hydroxylation is 2. The summed E-state index contributed by atoms with van der Waals surface area (Å²) >= 11 is 0. The van der Waals surface area contributed by atoms with Crippen molar-refractivity contribution >= 4 is 17.5 Å². The van der Waals surface area contributed by atoms with E-state index in [9.17, 15) is 14.0 Å². The van der Waals surface area contributed by atoms with Crippen molar-refractivity contribution in [1.82, 2.24) is 24.4 Å². The average molecular weight is 446 g/mol. The predicted octanol–water partition coefficient (Wildman–Crippen LogP) is 3.30. The molecule has 2 heterocycles. The van der Waals surface area contributed by atoms with Crippen molar-refractivity contribution < 1.29 is 14.0 Å². The highest BCUT2D eigenvalue weighted by molar-refractivity contribution is 5.97. The summed E-state index contributed by atoms with van der Waals surface area (Å²) in [5.41, 5.74) is 1.44. The summed E-state index contributed by atoms with van der Waals surface area (Å²) in [6.45, 7) is 0.505. The molecular formula is C24H23FN6O2. The molecule has 33 heavy (non-hydrogen) atoms. The zero-order chi connectivity index (χ0) is 23.2. The van der Waals surface area contributed by atoms with Crippen LogP contribution in [0.3, 0.4) is 0 Å². The molecule has 2 N–H and O–H groups in total. The van der Waals surface area contributed by atoms with E-state index in [0.717, 1.165) is 0 Å². The quantitative estimate of drug-likeness (QED) is 0.434. The molecule has 0 saturated carbocycles. The van der Waals surface area contributed by atoms with Crippen LogP contribution in [-0.2, 0) is 18.4 Å². The Bertz CT molecular complexity index is 1250. The summed E-state index contributed by atoms with van der Waals surface area (Å²) in [6.07, 6.45) is 8.74. The Labute approximate surface area is 190 Å². The van der Waals surface area contributed by atoms with Gasteiger partial charge in [0.2, 0.25) is 5.91 Å². The summed E-state index contributed by atoms with van der Waals surface area (Å²) < 4.78 is 17.5. The largest absolute Gasteiger partial charge is 0.338 e. The van der Waals surface area contributed by atoms with E-state index in [0.29, 0.717) is 29.2 Å². The number of imidazole rings is 2. The van der Waals surface area contributed by atoms with E-state index in [1.807, 2.05) is 4.57 Å². The van der Waals surface area contributed by atoms with E-state index in [1.165, 1.54) is 12.1 Å². The van der Waals surface area contributed by atoms with E-state index in [2.05, 4.69) is 20.6 Å². The lowest BCUT2D eigenvalue weighted by Gasteiger charge is -2.19. The molecule has 0 bridgehead atoms. The molecule has 0 radical (unpaired) electrons. The molecule has 4 aromatic rings. The van der Waals surface area contributed by atoms with Gasteiger partial charge in [-0.25, -0.2) is 14.4 Å². The zero-order valence-corrected chi connectivity index (χ0v) is 18.0. The first kappa shape index (κ1) is 21.9. The van der Waals surface area contributed by atoms with E-state index in [-0.39, 0.29) is 18.2 Å². The van der Waals surface area contributed by atoms with E-state index < -0.39 is 11.9 Å². The summed E-state index contributed by atoms with van der Waals surface area (Å²) in [7, 11) is 1.81. The Kier molecular flexibility index (Phi) is 6.58. The fourth-order valence-electron chi connectivity index (χ4n) is 3.46. The molecule has 0 spiro atoms. The highest BCUT2D eigenvalue weighted by Crippen LogP contribution is 2.22. The number of carbonyl (C=O) groups excluding carboxylic acids is 2. The molecule has 0 aliphatic rings. The molecule has 0 aliphatic carbocycles. The number of hydrogen-bond donors (Lipinski definition) is 2. The normalized spacial score (nSPS) is 11.7. The smallest absolute Gasteiger partial charge is 0.252 e. The Balaban J connectivity index is 1.48. The van der Waals surface area contributed by atoms with Crippen LogP contribution in [-0.4, -0.2) is 30.9 Å². The monoisotopic (exact) mass is 446 g/mol. The van der Waals surface area contributed by atoms with Crippen LogP contribution in [0.15, 0.2) is 79.6 Å². The summed E-state index contributed by atoms with van der Waals surface area (Å²) in [5.74, 6) is -0.382. The van der Waals surface area contributed by atoms with Gasteiger partial charge in [0.05, 0.1) is 6.33 Å². The number of nitrogens with one attached hydrogen (secondary N) is 2. The lowest BCUT2D eigenvalue weighted by atomic mass is 10.0. The van der Waals surface area contributed by atoms with Gasteiger partial charge in [0, 0.05) is 56.1 Å². The van der Waals surface area contributed by atoms with Gasteiger partial charge in [0.25, 0.3) is 5.91 Å². The van der Waals surface area contributed by atoms with Gasteiger partial charge in [0.1, 0.15) is 17.7 Å². The van der Waals surface area contributed by atoms with Crippen LogP contribution < -0.4 is 10.6 Å². The van der Waals surface area contributed by atoms with Crippen molar-refractivity contribution in [2.75, 3.05) is 5.32 Å². The minimum absolute atomic E-state index is 0.174. The molecule has 1 unspecified atom stereocenters.